The van der Waals surface area contributed by atoms with Crippen molar-refractivity contribution >= 4 is 38.9 Å². The van der Waals surface area contributed by atoms with Crippen molar-refractivity contribution in [2.24, 2.45) is 0 Å². The summed E-state index contributed by atoms with van der Waals surface area (Å²) in [5.41, 5.74) is 13.8. The molecule has 3 heterocycles. The first kappa shape index (κ1) is 34.6. The van der Waals surface area contributed by atoms with Crippen molar-refractivity contribution in [1.82, 2.24) is 9.55 Å². The number of fused-ring (bicyclic) bond motifs is 4. The Hall–Kier alpha value is -6.91. The highest BCUT2D eigenvalue weighted by Crippen LogP contribution is 2.49. The normalized spacial score (nSPS) is 12.8. The van der Waals surface area contributed by atoms with E-state index in [2.05, 4.69) is 223 Å². The fourth-order valence-corrected chi connectivity index (χ4v) is 9.31. The van der Waals surface area contributed by atoms with Gasteiger partial charge in [-0.2, -0.15) is 0 Å². The molecule has 4 heteroatoms. The SMILES string of the molecule is CC(C)c1ccccc1-c1ccnc(-n2c3ccccc3c3ccc(C(c4ccccc4)(c4ccccc4)c4cccc(N5CN(C)c6ccccc65)c4)cc32)c1. The maximum atomic E-state index is 5.08. The van der Waals surface area contributed by atoms with Gasteiger partial charge in [0.05, 0.1) is 34.5 Å². The topological polar surface area (TPSA) is 24.3 Å². The Morgan fingerprint density at radius 3 is 1.93 bits per heavy atom. The van der Waals surface area contributed by atoms with Crippen LogP contribution in [0.25, 0.3) is 38.8 Å². The van der Waals surface area contributed by atoms with Gasteiger partial charge in [0.25, 0.3) is 0 Å². The van der Waals surface area contributed by atoms with E-state index in [-0.39, 0.29) is 0 Å². The van der Waals surface area contributed by atoms with Crippen molar-refractivity contribution in [3.8, 4) is 16.9 Å². The lowest BCUT2D eigenvalue weighted by Gasteiger charge is -2.37. The highest BCUT2D eigenvalue weighted by Gasteiger charge is 2.39. The van der Waals surface area contributed by atoms with Gasteiger partial charge in [-0.25, -0.2) is 4.98 Å². The van der Waals surface area contributed by atoms with Gasteiger partial charge in [-0.15, -0.1) is 0 Å². The third-order valence-electron chi connectivity index (χ3n) is 11.9. The lowest BCUT2D eigenvalue weighted by molar-refractivity contribution is 0.745. The van der Waals surface area contributed by atoms with Crippen LogP contribution in [0.15, 0.2) is 194 Å². The highest BCUT2D eigenvalue weighted by atomic mass is 15.4. The maximum Gasteiger partial charge on any atom is 0.138 e. The summed E-state index contributed by atoms with van der Waals surface area (Å²) in [6, 6.07) is 68.9. The van der Waals surface area contributed by atoms with Gasteiger partial charge in [-0.1, -0.05) is 153 Å². The molecule has 1 aliphatic rings. The van der Waals surface area contributed by atoms with Crippen LogP contribution in [0.3, 0.4) is 0 Å². The average Bonchev–Trinajstić information content (AvgIpc) is 3.79. The van der Waals surface area contributed by atoms with Gasteiger partial charge in [0.2, 0.25) is 0 Å². The lowest BCUT2D eigenvalue weighted by atomic mass is 9.65. The number of anilines is 3. The quantitative estimate of drug-likeness (QED) is 0.145. The molecule has 0 bridgehead atoms. The first-order chi connectivity index (χ1) is 28.0. The van der Waals surface area contributed by atoms with Crippen LogP contribution in [0.5, 0.6) is 0 Å². The molecule has 9 aromatic rings. The molecule has 0 aliphatic carbocycles. The van der Waals surface area contributed by atoms with Gasteiger partial charge < -0.3 is 9.80 Å². The van der Waals surface area contributed by atoms with Gasteiger partial charge in [-0.05, 0) is 93.4 Å². The second-order valence-corrected chi connectivity index (χ2v) is 15.5. The summed E-state index contributed by atoms with van der Waals surface area (Å²) in [5.74, 6) is 1.30. The zero-order chi connectivity index (χ0) is 38.5. The van der Waals surface area contributed by atoms with Crippen LogP contribution in [-0.2, 0) is 5.41 Å². The predicted molar refractivity (Wildman–Crippen MR) is 238 cm³/mol. The van der Waals surface area contributed by atoms with Gasteiger partial charge in [-0.3, -0.25) is 4.57 Å². The fraction of sp³-hybridized carbons (Fsp3) is 0.113. The van der Waals surface area contributed by atoms with E-state index in [0.717, 1.165) is 23.5 Å². The minimum absolute atomic E-state index is 0.400. The molecule has 0 atom stereocenters. The Balaban J connectivity index is 1.24. The molecule has 2 aromatic heterocycles. The third kappa shape index (κ3) is 5.63. The van der Waals surface area contributed by atoms with E-state index in [0.29, 0.717) is 5.92 Å². The Morgan fingerprint density at radius 2 is 1.16 bits per heavy atom. The number of hydrogen-bond acceptors (Lipinski definition) is 3. The second kappa shape index (κ2) is 14.0. The van der Waals surface area contributed by atoms with E-state index < -0.39 is 5.41 Å². The fourth-order valence-electron chi connectivity index (χ4n) is 9.31. The van der Waals surface area contributed by atoms with Crippen LogP contribution in [0.4, 0.5) is 17.1 Å². The monoisotopic (exact) mass is 736 g/mol. The van der Waals surface area contributed by atoms with E-state index in [9.17, 15) is 0 Å². The summed E-state index contributed by atoms with van der Waals surface area (Å²) in [6.45, 7) is 5.31. The van der Waals surface area contributed by atoms with Crippen molar-refractivity contribution < 1.29 is 0 Å². The van der Waals surface area contributed by atoms with Gasteiger partial charge in [0.15, 0.2) is 0 Å². The minimum Gasteiger partial charge on any atom is -0.355 e. The van der Waals surface area contributed by atoms with Crippen LogP contribution in [0.2, 0.25) is 0 Å². The summed E-state index contributed by atoms with van der Waals surface area (Å²) >= 11 is 0. The van der Waals surface area contributed by atoms with Crippen LogP contribution >= 0.6 is 0 Å². The standard InChI is InChI=1S/C53H44N4/c1-37(2)44-23-10-11-24-45(44)38-31-32-54-52(33-38)57-48-26-13-12-25-46(48)47-30-29-42(35-51(47)57)53(39-17-6-4-7-18-39,40-19-8-5-9-20-40)41-21-16-22-43(34-41)56-36-55(3)49-27-14-15-28-50(49)56/h4-35,37H,36H2,1-3H3. The molecule has 276 valence electrons. The molecule has 0 saturated carbocycles. The van der Waals surface area contributed by atoms with Crippen molar-refractivity contribution in [3.05, 3.63) is 222 Å². The molecule has 57 heavy (non-hydrogen) atoms. The van der Waals surface area contributed by atoms with E-state index in [4.69, 9.17) is 4.98 Å². The summed E-state index contributed by atoms with van der Waals surface area (Å²) in [6.07, 6.45) is 1.96. The number of para-hydroxylation sites is 3. The number of nitrogens with zero attached hydrogens (tertiary/aromatic N) is 4. The maximum absolute atomic E-state index is 5.08. The Morgan fingerprint density at radius 1 is 0.526 bits per heavy atom. The molecular formula is C53H44N4. The number of benzene rings is 7. The summed E-state index contributed by atoms with van der Waals surface area (Å²) < 4.78 is 2.36. The number of aromatic nitrogens is 2. The summed E-state index contributed by atoms with van der Waals surface area (Å²) in [4.78, 5) is 9.83. The summed E-state index contributed by atoms with van der Waals surface area (Å²) in [7, 11) is 2.17. The smallest absolute Gasteiger partial charge is 0.138 e. The molecule has 0 spiro atoms. The van der Waals surface area contributed by atoms with Crippen LogP contribution in [0.1, 0.15) is 47.6 Å². The van der Waals surface area contributed by atoms with E-state index in [1.54, 1.807) is 0 Å². The Bertz CT molecular complexity index is 2850. The van der Waals surface area contributed by atoms with Gasteiger partial charge in [0, 0.05) is 29.7 Å². The molecule has 0 unspecified atom stereocenters. The molecule has 0 saturated heterocycles. The van der Waals surface area contributed by atoms with Crippen LogP contribution in [0, 0.1) is 0 Å². The molecule has 10 rings (SSSR count). The molecule has 7 aromatic carbocycles. The second-order valence-electron chi connectivity index (χ2n) is 15.5. The van der Waals surface area contributed by atoms with Crippen LogP contribution < -0.4 is 9.80 Å². The average molecular weight is 737 g/mol. The highest BCUT2D eigenvalue weighted by molar-refractivity contribution is 6.09. The van der Waals surface area contributed by atoms with Crippen LogP contribution in [-0.4, -0.2) is 23.3 Å². The molecular weight excluding hydrogens is 693 g/mol. The van der Waals surface area contributed by atoms with Crippen molar-refractivity contribution in [3.63, 3.8) is 0 Å². The Labute approximate surface area is 334 Å². The zero-order valence-corrected chi connectivity index (χ0v) is 32.5. The number of pyridine rings is 1. The van der Waals surface area contributed by atoms with Gasteiger partial charge >= 0.3 is 0 Å². The first-order valence-corrected chi connectivity index (χ1v) is 19.9. The lowest BCUT2D eigenvalue weighted by Crippen LogP contribution is -2.31. The van der Waals surface area contributed by atoms with E-state index in [1.165, 1.54) is 66.8 Å². The van der Waals surface area contributed by atoms with E-state index in [1.807, 2.05) is 6.20 Å². The Kier molecular flexibility index (Phi) is 8.48. The molecule has 1 aliphatic heterocycles. The minimum atomic E-state index is -0.648. The largest absolute Gasteiger partial charge is 0.355 e. The molecule has 4 nitrogen and oxygen atoms in total. The van der Waals surface area contributed by atoms with Gasteiger partial charge in [0.1, 0.15) is 5.82 Å². The molecule has 0 amide bonds. The first-order valence-electron chi connectivity index (χ1n) is 19.9. The van der Waals surface area contributed by atoms with Crippen molar-refractivity contribution in [2.75, 3.05) is 23.5 Å². The predicted octanol–water partition coefficient (Wildman–Crippen LogP) is 12.9. The van der Waals surface area contributed by atoms with E-state index >= 15 is 0 Å². The third-order valence-corrected chi connectivity index (χ3v) is 11.9. The molecule has 0 N–H and O–H groups in total. The summed E-state index contributed by atoms with van der Waals surface area (Å²) in [5, 5.41) is 2.40. The molecule has 0 fully saturated rings. The number of rotatable bonds is 8. The zero-order valence-electron chi connectivity index (χ0n) is 32.5. The molecule has 0 radical (unpaired) electrons. The van der Waals surface area contributed by atoms with Crippen molar-refractivity contribution in [1.29, 1.82) is 0 Å². The van der Waals surface area contributed by atoms with Crippen molar-refractivity contribution in [2.45, 2.75) is 25.2 Å². The number of hydrogen-bond donors (Lipinski definition) is 0.